The number of ether oxygens (including phenoxy) is 2. The third-order valence-corrected chi connectivity index (χ3v) is 8.90. The molecule has 6 atom stereocenters. The van der Waals surface area contributed by atoms with Crippen LogP contribution in [0.1, 0.15) is 91.4 Å². The van der Waals surface area contributed by atoms with Crippen LogP contribution in [0.4, 0.5) is 4.39 Å². The van der Waals surface area contributed by atoms with Gasteiger partial charge in [0, 0.05) is 12.5 Å². The Bertz CT molecular complexity index is 479. The highest BCUT2D eigenvalue weighted by Crippen LogP contribution is 2.43. The van der Waals surface area contributed by atoms with Crippen molar-refractivity contribution in [1.29, 1.82) is 0 Å². The minimum Gasteiger partial charge on any atom is -0.378 e. The first kappa shape index (κ1) is 21.1. The fourth-order valence-corrected chi connectivity index (χ4v) is 6.73. The van der Waals surface area contributed by atoms with Crippen LogP contribution in [0.25, 0.3) is 0 Å². The van der Waals surface area contributed by atoms with Crippen molar-refractivity contribution in [2.75, 3.05) is 6.61 Å². The third-order valence-electron chi connectivity index (χ3n) is 8.90. The van der Waals surface area contributed by atoms with E-state index < -0.39 is 6.17 Å². The molecule has 4 fully saturated rings. The van der Waals surface area contributed by atoms with Crippen molar-refractivity contribution < 1.29 is 13.9 Å². The number of halogens is 1. The van der Waals surface area contributed by atoms with Gasteiger partial charge in [0.25, 0.3) is 0 Å². The van der Waals surface area contributed by atoms with Crippen LogP contribution in [-0.4, -0.2) is 31.1 Å². The molecule has 4 rings (SSSR count). The van der Waals surface area contributed by atoms with Crippen LogP contribution < -0.4 is 0 Å². The molecule has 1 aliphatic heterocycles. The van der Waals surface area contributed by atoms with Gasteiger partial charge in [0.05, 0.1) is 18.3 Å². The SMILES string of the molecule is CC1CCC(C2CCC(COC3CC4CCC(C)OC4C(F)C3C)CC2)CC1. The first-order chi connectivity index (χ1) is 13.5. The summed E-state index contributed by atoms with van der Waals surface area (Å²) in [7, 11) is 0. The average molecular weight is 395 g/mol. The van der Waals surface area contributed by atoms with Gasteiger partial charge in [-0.3, -0.25) is 0 Å². The lowest BCUT2D eigenvalue weighted by Gasteiger charge is -2.46. The Balaban J connectivity index is 1.21. The monoisotopic (exact) mass is 394 g/mol. The quantitative estimate of drug-likeness (QED) is 0.537. The fraction of sp³-hybridized carbons (Fsp3) is 1.00. The zero-order valence-electron chi connectivity index (χ0n) is 18.5. The van der Waals surface area contributed by atoms with Crippen molar-refractivity contribution >= 4 is 0 Å². The van der Waals surface area contributed by atoms with E-state index in [0.29, 0.717) is 11.8 Å². The first-order valence-corrected chi connectivity index (χ1v) is 12.4. The van der Waals surface area contributed by atoms with Gasteiger partial charge < -0.3 is 9.47 Å². The number of rotatable bonds is 4. The fourth-order valence-electron chi connectivity index (χ4n) is 6.73. The molecule has 0 bridgehead atoms. The largest absolute Gasteiger partial charge is 0.378 e. The molecule has 28 heavy (non-hydrogen) atoms. The van der Waals surface area contributed by atoms with E-state index in [0.717, 1.165) is 43.6 Å². The summed E-state index contributed by atoms with van der Waals surface area (Å²) < 4.78 is 27.3. The molecule has 0 amide bonds. The minimum atomic E-state index is -0.865. The standard InChI is InChI=1S/C25H43FO2/c1-16-4-9-20(10-5-16)21-12-7-19(8-13-21)15-27-23-14-22-11-6-17(2)28-25(22)24(26)18(23)3/h16-25H,4-15H2,1-3H3. The van der Waals surface area contributed by atoms with Gasteiger partial charge in [-0.2, -0.15) is 0 Å². The van der Waals surface area contributed by atoms with Gasteiger partial charge in [-0.05, 0) is 94.3 Å². The number of hydrogen-bond donors (Lipinski definition) is 0. The average Bonchev–Trinajstić information content (AvgIpc) is 2.71. The second-order valence-electron chi connectivity index (χ2n) is 11.0. The summed E-state index contributed by atoms with van der Waals surface area (Å²) in [6.07, 6.45) is 13.7. The second kappa shape index (κ2) is 9.33. The van der Waals surface area contributed by atoms with E-state index in [1.54, 1.807) is 0 Å². The molecule has 0 aromatic rings. The summed E-state index contributed by atoms with van der Waals surface area (Å²) in [5.74, 6) is 3.94. The van der Waals surface area contributed by atoms with Gasteiger partial charge in [-0.25, -0.2) is 4.39 Å². The molecule has 0 radical (unpaired) electrons. The van der Waals surface area contributed by atoms with Crippen LogP contribution in [0.2, 0.25) is 0 Å². The van der Waals surface area contributed by atoms with Crippen LogP contribution >= 0.6 is 0 Å². The van der Waals surface area contributed by atoms with E-state index in [9.17, 15) is 4.39 Å². The number of hydrogen-bond acceptors (Lipinski definition) is 2. The van der Waals surface area contributed by atoms with Crippen molar-refractivity contribution in [2.45, 2.75) is 116 Å². The molecule has 1 heterocycles. The highest BCUT2D eigenvalue weighted by Gasteiger charge is 2.46. The Labute approximate surface area is 172 Å². The predicted molar refractivity (Wildman–Crippen MR) is 112 cm³/mol. The summed E-state index contributed by atoms with van der Waals surface area (Å²) in [6.45, 7) is 7.39. The molecule has 0 aromatic carbocycles. The van der Waals surface area contributed by atoms with E-state index >= 15 is 0 Å². The van der Waals surface area contributed by atoms with Crippen LogP contribution in [0.15, 0.2) is 0 Å². The first-order valence-electron chi connectivity index (χ1n) is 12.4. The zero-order chi connectivity index (χ0) is 19.7. The highest BCUT2D eigenvalue weighted by molar-refractivity contribution is 4.95. The molecule has 1 saturated heterocycles. The summed E-state index contributed by atoms with van der Waals surface area (Å²) in [6, 6.07) is 0. The lowest BCUT2D eigenvalue weighted by molar-refractivity contribution is -0.175. The second-order valence-corrected chi connectivity index (χ2v) is 11.0. The maximum absolute atomic E-state index is 15.0. The van der Waals surface area contributed by atoms with Gasteiger partial charge in [-0.1, -0.05) is 26.7 Å². The molecule has 0 N–H and O–H groups in total. The lowest BCUT2D eigenvalue weighted by atomic mass is 9.69. The molecule has 3 saturated carbocycles. The molecule has 6 unspecified atom stereocenters. The Morgan fingerprint density at radius 1 is 0.786 bits per heavy atom. The molecule has 3 heteroatoms. The molecule has 0 aromatic heterocycles. The number of fused-ring (bicyclic) bond motifs is 1. The molecular formula is C25H43FO2. The maximum atomic E-state index is 15.0. The van der Waals surface area contributed by atoms with Gasteiger partial charge in [-0.15, -0.1) is 0 Å². The lowest BCUT2D eigenvalue weighted by Crippen LogP contribution is -2.52. The van der Waals surface area contributed by atoms with Crippen molar-refractivity contribution in [3.05, 3.63) is 0 Å². The maximum Gasteiger partial charge on any atom is 0.131 e. The van der Waals surface area contributed by atoms with Gasteiger partial charge >= 0.3 is 0 Å². The summed E-state index contributed by atoms with van der Waals surface area (Å²) in [5, 5.41) is 0. The molecule has 4 aliphatic rings. The van der Waals surface area contributed by atoms with Crippen LogP contribution in [0, 0.1) is 35.5 Å². The number of alkyl halides is 1. The molecule has 3 aliphatic carbocycles. The van der Waals surface area contributed by atoms with E-state index in [2.05, 4.69) is 13.8 Å². The normalized spacial score (nSPS) is 50.1. The summed E-state index contributed by atoms with van der Waals surface area (Å²) >= 11 is 0. The third kappa shape index (κ3) is 4.77. The van der Waals surface area contributed by atoms with Crippen LogP contribution in [0.3, 0.4) is 0 Å². The molecule has 2 nitrogen and oxygen atoms in total. The Kier molecular flexibility index (Phi) is 7.03. The minimum absolute atomic E-state index is 0.0351. The van der Waals surface area contributed by atoms with E-state index in [4.69, 9.17) is 9.47 Å². The molecular weight excluding hydrogens is 351 g/mol. The summed E-state index contributed by atoms with van der Waals surface area (Å²) in [4.78, 5) is 0. The van der Waals surface area contributed by atoms with Crippen molar-refractivity contribution in [3.8, 4) is 0 Å². The van der Waals surface area contributed by atoms with Crippen molar-refractivity contribution in [3.63, 3.8) is 0 Å². The van der Waals surface area contributed by atoms with Crippen molar-refractivity contribution in [1.82, 2.24) is 0 Å². The van der Waals surface area contributed by atoms with E-state index in [-0.39, 0.29) is 24.2 Å². The van der Waals surface area contributed by atoms with Gasteiger partial charge in [0.1, 0.15) is 6.17 Å². The van der Waals surface area contributed by atoms with Gasteiger partial charge in [0.2, 0.25) is 0 Å². The zero-order valence-corrected chi connectivity index (χ0v) is 18.5. The smallest absolute Gasteiger partial charge is 0.131 e. The Morgan fingerprint density at radius 3 is 2.07 bits per heavy atom. The molecule has 162 valence electrons. The predicted octanol–water partition coefficient (Wildman–Crippen LogP) is 6.57. The van der Waals surface area contributed by atoms with E-state index in [1.807, 2.05) is 6.92 Å². The molecule has 0 spiro atoms. The summed E-state index contributed by atoms with van der Waals surface area (Å²) in [5.41, 5.74) is 0. The van der Waals surface area contributed by atoms with Crippen LogP contribution in [-0.2, 0) is 9.47 Å². The van der Waals surface area contributed by atoms with Gasteiger partial charge in [0.15, 0.2) is 0 Å². The Morgan fingerprint density at radius 2 is 1.39 bits per heavy atom. The van der Waals surface area contributed by atoms with Crippen LogP contribution in [0.5, 0.6) is 0 Å². The van der Waals surface area contributed by atoms with Crippen molar-refractivity contribution in [2.24, 2.45) is 35.5 Å². The Hall–Kier alpha value is -0.150. The van der Waals surface area contributed by atoms with E-state index in [1.165, 1.54) is 51.4 Å². The highest BCUT2D eigenvalue weighted by atomic mass is 19.1. The topological polar surface area (TPSA) is 18.5 Å².